The van der Waals surface area contributed by atoms with E-state index in [0.29, 0.717) is 11.8 Å². The SMILES string of the molecule is O=C(CC1Sc2ccccc2NC1=O)Nc1ccc(OC2CCCC2)cc1. The topological polar surface area (TPSA) is 67.4 Å². The maximum absolute atomic E-state index is 12.4. The molecule has 1 saturated carbocycles. The molecule has 1 heterocycles. The number of amides is 2. The predicted octanol–water partition coefficient (Wildman–Crippen LogP) is 4.45. The van der Waals surface area contributed by atoms with Crippen LogP contribution in [0, 0.1) is 0 Å². The van der Waals surface area contributed by atoms with Gasteiger partial charge in [-0.15, -0.1) is 11.8 Å². The predicted molar refractivity (Wildman–Crippen MR) is 107 cm³/mol. The Bertz CT molecular complexity index is 832. The quantitative estimate of drug-likeness (QED) is 0.802. The van der Waals surface area contributed by atoms with E-state index in [9.17, 15) is 9.59 Å². The molecule has 2 aromatic carbocycles. The first-order chi connectivity index (χ1) is 13.2. The molecule has 0 saturated heterocycles. The number of thioether (sulfide) groups is 1. The van der Waals surface area contributed by atoms with E-state index in [1.165, 1.54) is 24.6 Å². The van der Waals surface area contributed by atoms with Crippen LogP contribution in [0.1, 0.15) is 32.1 Å². The molecule has 0 spiro atoms. The van der Waals surface area contributed by atoms with Crippen molar-refractivity contribution >= 4 is 35.0 Å². The van der Waals surface area contributed by atoms with Gasteiger partial charge < -0.3 is 15.4 Å². The molecule has 2 N–H and O–H groups in total. The summed E-state index contributed by atoms with van der Waals surface area (Å²) in [5, 5.41) is 5.31. The minimum Gasteiger partial charge on any atom is -0.490 e. The van der Waals surface area contributed by atoms with Crippen LogP contribution >= 0.6 is 11.8 Å². The Balaban J connectivity index is 1.32. The number of carbonyl (C=O) groups is 2. The molecule has 140 valence electrons. The summed E-state index contributed by atoms with van der Waals surface area (Å²) in [5.41, 5.74) is 1.52. The Morgan fingerprint density at radius 3 is 2.63 bits per heavy atom. The number of hydrogen-bond donors (Lipinski definition) is 2. The van der Waals surface area contributed by atoms with Crippen LogP contribution in [0.5, 0.6) is 5.75 Å². The van der Waals surface area contributed by atoms with Crippen LogP contribution in [0.4, 0.5) is 11.4 Å². The maximum Gasteiger partial charge on any atom is 0.238 e. The van der Waals surface area contributed by atoms with Crippen molar-refractivity contribution in [3.63, 3.8) is 0 Å². The Kier molecular flexibility index (Phi) is 5.34. The Labute approximate surface area is 162 Å². The van der Waals surface area contributed by atoms with Crippen LogP contribution in [-0.2, 0) is 9.59 Å². The number of hydrogen-bond acceptors (Lipinski definition) is 4. The van der Waals surface area contributed by atoms with E-state index in [1.807, 2.05) is 48.5 Å². The van der Waals surface area contributed by atoms with Crippen molar-refractivity contribution in [1.29, 1.82) is 0 Å². The molecule has 2 aromatic rings. The summed E-state index contributed by atoms with van der Waals surface area (Å²) >= 11 is 1.43. The molecule has 1 atom stereocenters. The van der Waals surface area contributed by atoms with Crippen LogP contribution in [0.15, 0.2) is 53.4 Å². The fraction of sp³-hybridized carbons (Fsp3) is 0.333. The molecule has 1 fully saturated rings. The van der Waals surface area contributed by atoms with Crippen molar-refractivity contribution in [3.05, 3.63) is 48.5 Å². The van der Waals surface area contributed by atoms with Crippen molar-refractivity contribution in [3.8, 4) is 5.75 Å². The van der Waals surface area contributed by atoms with Gasteiger partial charge in [-0.1, -0.05) is 12.1 Å². The molecule has 4 rings (SSSR count). The van der Waals surface area contributed by atoms with Crippen LogP contribution in [0.3, 0.4) is 0 Å². The van der Waals surface area contributed by atoms with E-state index in [1.54, 1.807) is 0 Å². The molecule has 0 aromatic heterocycles. The highest BCUT2D eigenvalue weighted by Crippen LogP contribution is 2.36. The molecular formula is C21H22N2O3S. The van der Waals surface area contributed by atoms with Gasteiger partial charge in [0.1, 0.15) is 5.75 Å². The summed E-state index contributed by atoms with van der Waals surface area (Å²) in [7, 11) is 0. The Morgan fingerprint density at radius 1 is 1.11 bits per heavy atom. The highest BCUT2D eigenvalue weighted by molar-refractivity contribution is 8.01. The van der Waals surface area contributed by atoms with Gasteiger partial charge >= 0.3 is 0 Å². The fourth-order valence-electron chi connectivity index (χ4n) is 3.42. The largest absolute Gasteiger partial charge is 0.490 e. The molecule has 1 aliphatic heterocycles. The molecular weight excluding hydrogens is 360 g/mol. The molecule has 6 heteroatoms. The van der Waals surface area contributed by atoms with Gasteiger partial charge in [0.05, 0.1) is 17.0 Å². The van der Waals surface area contributed by atoms with Crippen LogP contribution < -0.4 is 15.4 Å². The first-order valence-corrected chi connectivity index (χ1v) is 10.2. The summed E-state index contributed by atoms with van der Waals surface area (Å²) in [4.78, 5) is 25.6. The fourth-order valence-corrected chi connectivity index (χ4v) is 4.53. The molecule has 27 heavy (non-hydrogen) atoms. The molecule has 2 aliphatic rings. The zero-order valence-corrected chi connectivity index (χ0v) is 15.8. The van der Waals surface area contributed by atoms with Crippen molar-refractivity contribution in [2.75, 3.05) is 10.6 Å². The summed E-state index contributed by atoms with van der Waals surface area (Å²) in [5.74, 6) is 0.527. The average molecular weight is 382 g/mol. The number of benzene rings is 2. The number of para-hydroxylation sites is 1. The summed E-state index contributed by atoms with van der Waals surface area (Å²) in [6.45, 7) is 0. The van der Waals surface area contributed by atoms with Gasteiger partial charge in [0.25, 0.3) is 0 Å². The monoisotopic (exact) mass is 382 g/mol. The molecule has 2 amide bonds. The van der Waals surface area contributed by atoms with Crippen LogP contribution in [0.2, 0.25) is 0 Å². The first kappa shape index (κ1) is 17.9. The molecule has 1 unspecified atom stereocenters. The minimum atomic E-state index is -0.426. The van der Waals surface area contributed by atoms with Crippen molar-refractivity contribution in [1.82, 2.24) is 0 Å². The number of ether oxygens (including phenoxy) is 1. The van der Waals surface area contributed by atoms with Gasteiger partial charge in [0, 0.05) is 17.0 Å². The summed E-state index contributed by atoms with van der Waals surface area (Å²) < 4.78 is 5.94. The lowest BCUT2D eigenvalue weighted by molar-refractivity contribution is -0.120. The van der Waals surface area contributed by atoms with E-state index in [-0.39, 0.29) is 18.2 Å². The zero-order chi connectivity index (χ0) is 18.6. The van der Waals surface area contributed by atoms with E-state index in [4.69, 9.17) is 4.74 Å². The lowest BCUT2D eigenvalue weighted by Gasteiger charge is -2.23. The second kappa shape index (κ2) is 8.05. The standard InChI is InChI=1S/C21H22N2O3S/c24-20(13-19-21(25)23-17-7-3-4-8-18(17)27-19)22-14-9-11-16(12-10-14)26-15-5-1-2-6-15/h3-4,7-12,15,19H,1-2,5-6,13H2,(H,22,24)(H,23,25). The zero-order valence-electron chi connectivity index (χ0n) is 14.9. The Hall–Kier alpha value is -2.47. The van der Waals surface area contributed by atoms with Crippen molar-refractivity contribution in [2.24, 2.45) is 0 Å². The average Bonchev–Trinajstić information content (AvgIpc) is 3.17. The number of nitrogens with one attached hydrogen (secondary N) is 2. The second-order valence-corrected chi connectivity index (χ2v) is 8.14. The first-order valence-electron chi connectivity index (χ1n) is 9.30. The van der Waals surface area contributed by atoms with Crippen LogP contribution in [0.25, 0.3) is 0 Å². The van der Waals surface area contributed by atoms with Gasteiger partial charge in [-0.05, 0) is 62.1 Å². The van der Waals surface area contributed by atoms with E-state index in [0.717, 1.165) is 29.2 Å². The van der Waals surface area contributed by atoms with Gasteiger partial charge in [0.2, 0.25) is 11.8 Å². The molecule has 5 nitrogen and oxygen atoms in total. The van der Waals surface area contributed by atoms with E-state index >= 15 is 0 Å². The van der Waals surface area contributed by atoms with Crippen molar-refractivity contribution in [2.45, 2.75) is 48.4 Å². The van der Waals surface area contributed by atoms with Gasteiger partial charge in [0.15, 0.2) is 0 Å². The normalized spacial score (nSPS) is 19.3. The smallest absolute Gasteiger partial charge is 0.238 e. The molecule has 1 aliphatic carbocycles. The summed E-state index contributed by atoms with van der Waals surface area (Å²) in [6, 6.07) is 15.1. The number of rotatable bonds is 5. The Morgan fingerprint density at radius 2 is 1.85 bits per heavy atom. The van der Waals surface area contributed by atoms with Crippen molar-refractivity contribution < 1.29 is 14.3 Å². The van der Waals surface area contributed by atoms with E-state index in [2.05, 4.69) is 10.6 Å². The lowest BCUT2D eigenvalue weighted by atomic mass is 10.2. The highest BCUT2D eigenvalue weighted by Gasteiger charge is 2.28. The number of fused-ring (bicyclic) bond motifs is 1. The molecule has 0 bridgehead atoms. The number of anilines is 2. The van der Waals surface area contributed by atoms with E-state index < -0.39 is 5.25 Å². The van der Waals surface area contributed by atoms with Gasteiger partial charge in [-0.3, -0.25) is 9.59 Å². The number of carbonyl (C=O) groups excluding carboxylic acids is 2. The third kappa shape index (κ3) is 4.45. The van der Waals surface area contributed by atoms with Crippen LogP contribution in [-0.4, -0.2) is 23.2 Å². The summed E-state index contributed by atoms with van der Waals surface area (Å²) in [6.07, 6.45) is 5.14. The third-order valence-corrected chi connectivity index (χ3v) is 6.10. The minimum absolute atomic E-state index is 0.130. The second-order valence-electron chi connectivity index (χ2n) is 6.89. The maximum atomic E-state index is 12.4. The lowest BCUT2D eigenvalue weighted by Crippen LogP contribution is -2.32. The molecule has 0 radical (unpaired) electrons. The highest BCUT2D eigenvalue weighted by atomic mass is 32.2. The van der Waals surface area contributed by atoms with Gasteiger partial charge in [-0.25, -0.2) is 0 Å². The van der Waals surface area contributed by atoms with Gasteiger partial charge in [-0.2, -0.15) is 0 Å². The third-order valence-electron chi connectivity index (χ3n) is 4.82.